The number of fused-ring (bicyclic) bond motifs is 1. The second-order valence-corrected chi connectivity index (χ2v) is 6.30. The number of aromatic amines is 2. The molecule has 0 aliphatic carbocycles. The van der Waals surface area contributed by atoms with Crippen LogP contribution in [0.15, 0.2) is 48.9 Å². The first-order chi connectivity index (χ1) is 12.3. The van der Waals surface area contributed by atoms with Gasteiger partial charge in [0.15, 0.2) is 17.9 Å². The lowest BCUT2D eigenvalue weighted by Gasteiger charge is -2.22. The molecule has 0 saturated carbocycles. The molecule has 3 aromatic rings. The minimum atomic E-state index is -0.107. The number of ether oxygens (including phenoxy) is 1. The number of nitrogens with one attached hydrogen (secondary N) is 3. The third-order valence-electron chi connectivity index (χ3n) is 4.57. The maximum atomic E-state index is 12.7. The summed E-state index contributed by atoms with van der Waals surface area (Å²) in [6.07, 6.45) is 9.12. The molecular weight excluding hydrogens is 316 g/mol. The predicted octanol–water partition coefficient (Wildman–Crippen LogP) is 1.53. The van der Waals surface area contributed by atoms with Gasteiger partial charge in [-0.3, -0.25) is 4.79 Å². The van der Waals surface area contributed by atoms with Crippen molar-refractivity contribution in [3.05, 3.63) is 54.6 Å². The fourth-order valence-electron chi connectivity index (χ4n) is 3.27. The minimum Gasteiger partial charge on any atom is -0.376 e. The Kier molecular flexibility index (Phi) is 4.43. The lowest BCUT2D eigenvalue weighted by molar-refractivity contribution is -0.499. The molecule has 6 nitrogen and oxygen atoms in total. The Hall–Kier alpha value is -2.73. The number of carbonyl (C=O) groups is 1. The van der Waals surface area contributed by atoms with Crippen LogP contribution in [0.25, 0.3) is 16.9 Å². The van der Waals surface area contributed by atoms with Crippen LogP contribution in [0.4, 0.5) is 0 Å². The van der Waals surface area contributed by atoms with Gasteiger partial charge < -0.3 is 10.1 Å². The molecule has 25 heavy (non-hydrogen) atoms. The maximum absolute atomic E-state index is 12.7. The van der Waals surface area contributed by atoms with Crippen molar-refractivity contribution in [2.24, 2.45) is 0 Å². The van der Waals surface area contributed by atoms with Gasteiger partial charge in [-0.2, -0.15) is 4.40 Å². The number of aromatic nitrogens is 3. The lowest BCUT2D eigenvalue weighted by atomic mass is 10.1. The molecule has 6 heteroatoms. The molecule has 0 spiro atoms. The van der Waals surface area contributed by atoms with E-state index in [-0.39, 0.29) is 12.0 Å². The van der Waals surface area contributed by atoms with Crippen LogP contribution < -0.4 is 14.7 Å². The number of imidazole rings is 1. The van der Waals surface area contributed by atoms with Crippen molar-refractivity contribution in [2.75, 3.05) is 13.2 Å². The van der Waals surface area contributed by atoms with Crippen LogP contribution >= 0.6 is 0 Å². The number of pyridine rings is 2. The van der Waals surface area contributed by atoms with Gasteiger partial charge in [0.2, 0.25) is 5.69 Å². The summed E-state index contributed by atoms with van der Waals surface area (Å²) >= 11 is 0. The summed E-state index contributed by atoms with van der Waals surface area (Å²) in [6, 6.07) is 9.77. The normalized spacial score (nSPS) is 17.5. The smallest absolute Gasteiger partial charge is 0.298 e. The van der Waals surface area contributed by atoms with Crippen LogP contribution in [0, 0.1) is 0 Å². The van der Waals surface area contributed by atoms with E-state index in [1.165, 1.54) is 0 Å². The summed E-state index contributed by atoms with van der Waals surface area (Å²) in [5.74, 6) is 0.760. The average Bonchev–Trinajstić information content (AvgIpc) is 3.07. The Morgan fingerprint density at radius 3 is 3.08 bits per heavy atom. The van der Waals surface area contributed by atoms with Gasteiger partial charge in [-0.1, -0.05) is 6.07 Å². The minimum absolute atomic E-state index is 0.107. The van der Waals surface area contributed by atoms with E-state index in [2.05, 4.69) is 15.3 Å². The molecule has 0 bridgehead atoms. The van der Waals surface area contributed by atoms with Gasteiger partial charge >= 0.3 is 0 Å². The van der Waals surface area contributed by atoms with Crippen molar-refractivity contribution < 1.29 is 18.9 Å². The number of hydrogen-bond acceptors (Lipinski definition) is 2. The monoisotopic (exact) mass is 338 g/mol. The highest BCUT2D eigenvalue weighted by molar-refractivity contribution is 5.98. The number of hydrogen-bond donors (Lipinski definition) is 2. The third-order valence-corrected chi connectivity index (χ3v) is 4.57. The summed E-state index contributed by atoms with van der Waals surface area (Å²) in [6.45, 7) is 1.34. The first-order valence-electron chi connectivity index (χ1n) is 8.71. The van der Waals surface area contributed by atoms with E-state index in [1.807, 2.05) is 53.3 Å². The number of nitrogens with zero attached hydrogens (tertiary/aromatic N) is 1. The fraction of sp³-hybridized carbons (Fsp3) is 0.316. The van der Waals surface area contributed by atoms with E-state index in [0.29, 0.717) is 12.2 Å². The van der Waals surface area contributed by atoms with E-state index in [1.54, 1.807) is 0 Å². The van der Waals surface area contributed by atoms with Crippen molar-refractivity contribution in [2.45, 2.75) is 25.4 Å². The summed E-state index contributed by atoms with van der Waals surface area (Å²) in [5.41, 5.74) is 2.40. The van der Waals surface area contributed by atoms with E-state index in [0.717, 1.165) is 42.8 Å². The Labute approximate surface area is 145 Å². The Morgan fingerprint density at radius 1 is 1.32 bits per heavy atom. The van der Waals surface area contributed by atoms with Crippen LogP contribution in [0.1, 0.15) is 29.8 Å². The average molecular weight is 338 g/mol. The zero-order valence-electron chi connectivity index (χ0n) is 14.0. The third kappa shape index (κ3) is 3.25. The van der Waals surface area contributed by atoms with Crippen molar-refractivity contribution >= 4 is 11.4 Å². The molecule has 1 saturated heterocycles. The molecule has 1 fully saturated rings. The lowest BCUT2D eigenvalue weighted by Crippen LogP contribution is -2.35. The molecule has 1 aliphatic heterocycles. The first kappa shape index (κ1) is 15.8. The SMILES string of the molecule is O=C(NCC1CCCCO1)c1[nH]c(-c2ccc[nH+]c2)[n+]2ccccc12. The molecule has 3 N–H and O–H groups in total. The zero-order chi connectivity index (χ0) is 17.1. The molecule has 128 valence electrons. The Morgan fingerprint density at radius 2 is 2.28 bits per heavy atom. The van der Waals surface area contributed by atoms with Crippen molar-refractivity contribution in [3.63, 3.8) is 0 Å². The quantitative estimate of drug-likeness (QED) is 0.708. The zero-order valence-corrected chi connectivity index (χ0v) is 14.0. The molecular formula is C19H22N4O2+2. The van der Waals surface area contributed by atoms with Gasteiger partial charge in [-0.15, -0.1) is 0 Å². The molecule has 1 amide bonds. The molecule has 1 atom stereocenters. The first-order valence-corrected chi connectivity index (χ1v) is 8.71. The second kappa shape index (κ2) is 7.03. The topological polar surface area (TPSA) is 72.4 Å². The van der Waals surface area contributed by atoms with E-state index in [9.17, 15) is 4.79 Å². The van der Waals surface area contributed by atoms with Crippen LogP contribution in [0.5, 0.6) is 0 Å². The van der Waals surface area contributed by atoms with Crippen LogP contribution in [0.3, 0.4) is 0 Å². The molecule has 0 radical (unpaired) electrons. The van der Waals surface area contributed by atoms with Crippen molar-refractivity contribution in [1.82, 2.24) is 10.3 Å². The van der Waals surface area contributed by atoms with Crippen LogP contribution in [-0.2, 0) is 4.74 Å². The van der Waals surface area contributed by atoms with Crippen LogP contribution in [-0.4, -0.2) is 30.1 Å². The standard InChI is InChI=1S/C19H20N4O2/c24-19(21-13-15-7-2-4-11-25-15)17-16-8-1-3-10-23(16)18(22-17)14-6-5-9-20-12-14/h1,3,5-6,8-10,12,15H,2,4,7,11,13H2,(H,21,24)/p+2. The summed E-state index contributed by atoms with van der Waals surface area (Å²) in [7, 11) is 0. The van der Waals surface area contributed by atoms with Crippen molar-refractivity contribution in [3.8, 4) is 11.4 Å². The number of amides is 1. The van der Waals surface area contributed by atoms with Gasteiger partial charge in [0.25, 0.3) is 11.7 Å². The van der Waals surface area contributed by atoms with E-state index < -0.39 is 0 Å². The highest BCUT2D eigenvalue weighted by atomic mass is 16.5. The van der Waals surface area contributed by atoms with Gasteiger partial charge in [0.1, 0.15) is 5.56 Å². The Bertz CT molecular complexity index is 870. The Balaban J connectivity index is 1.62. The molecule has 1 unspecified atom stereocenters. The number of rotatable bonds is 4. The van der Waals surface area contributed by atoms with E-state index in [4.69, 9.17) is 4.74 Å². The van der Waals surface area contributed by atoms with Gasteiger partial charge in [0, 0.05) is 19.2 Å². The predicted molar refractivity (Wildman–Crippen MR) is 91.9 cm³/mol. The van der Waals surface area contributed by atoms with E-state index >= 15 is 0 Å². The molecule has 0 aromatic carbocycles. The molecule has 4 rings (SSSR count). The largest absolute Gasteiger partial charge is 0.376 e. The molecule has 3 aromatic heterocycles. The number of carbonyl (C=O) groups excluding carboxylic acids is 1. The summed E-state index contributed by atoms with van der Waals surface area (Å²) in [4.78, 5) is 19.1. The molecule has 1 aliphatic rings. The van der Waals surface area contributed by atoms with Gasteiger partial charge in [0.05, 0.1) is 12.3 Å². The van der Waals surface area contributed by atoms with Crippen molar-refractivity contribution in [1.29, 1.82) is 0 Å². The van der Waals surface area contributed by atoms with Gasteiger partial charge in [-0.25, -0.2) is 9.97 Å². The highest BCUT2D eigenvalue weighted by Crippen LogP contribution is 2.16. The summed E-state index contributed by atoms with van der Waals surface area (Å²) in [5, 5.41) is 3.01. The molecule has 4 heterocycles. The summed E-state index contributed by atoms with van der Waals surface area (Å²) < 4.78 is 7.69. The maximum Gasteiger partial charge on any atom is 0.298 e. The van der Waals surface area contributed by atoms with Crippen LogP contribution in [0.2, 0.25) is 0 Å². The fourth-order valence-corrected chi connectivity index (χ4v) is 3.27. The highest BCUT2D eigenvalue weighted by Gasteiger charge is 2.26. The number of H-pyrrole nitrogens is 2. The second-order valence-electron chi connectivity index (χ2n) is 6.30. The van der Waals surface area contributed by atoms with Gasteiger partial charge in [-0.05, 0) is 37.5 Å².